The molecule has 1 aromatic heterocycles. The number of aliphatic hydroxyl groups is 1. The molecule has 24 heavy (non-hydrogen) atoms. The van der Waals surface area contributed by atoms with Crippen LogP contribution in [0.25, 0.3) is 5.69 Å². The molecule has 6 nitrogen and oxygen atoms in total. The van der Waals surface area contributed by atoms with Gasteiger partial charge < -0.3 is 10.4 Å². The number of hydrogen-bond acceptors (Lipinski definition) is 4. The van der Waals surface area contributed by atoms with Gasteiger partial charge >= 0.3 is 0 Å². The Labute approximate surface area is 138 Å². The molecule has 1 heterocycles. The first-order chi connectivity index (χ1) is 11.7. The Morgan fingerprint density at radius 2 is 1.79 bits per heavy atom. The molecule has 1 aliphatic rings. The highest BCUT2D eigenvalue weighted by atomic mass is 16.3. The molecule has 3 aromatic rings. The fourth-order valence-corrected chi connectivity index (χ4v) is 3.09. The van der Waals surface area contributed by atoms with Crippen LogP contribution in [0.15, 0.2) is 61.2 Å². The topological polar surface area (TPSA) is 80.0 Å². The minimum Gasteiger partial charge on any atom is -0.390 e. The van der Waals surface area contributed by atoms with Crippen LogP contribution in [-0.2, 0) is 6.42 Å². The number of rotatable bonds is 3. The van der Waals surface area contributed by atoms with Crippen LogP contribution in [0.5, 0.6) is 0 Å². The quantitative estimate of drug-likeness (QED) is 0.769. The molecule has 2 aromatic carbocycles. The number of aromatic nitrogens is 3. The summed E-state index contributed by atoms with van der Waals surface area (Å²) in [5, 5.41) is 20.7. The summed E-state index contributed by atoms with van der Waals surface area (Å²) in [6.45, 7) is 0. The summed E-state index contributed by atoms with van der Waals surface area (Å²) in [5.74, 6) is -0.203. The summed E-state index contributed by atoms with van der Waals surface area (Å²) in [4.78, 5) is 12.5. The maximum Gasteiger partial charge on any atom is 0.251 e. The van der Waals surface area contributed by atoms with Gasteiger partial charge in [0, 0.05) is 17.7 Å². The van der Waals surface area contributed by atoms with E-state index in [4.69, 9.17) is 0 Å². The van der Waals surface area contributed by atoms with E-state index < -0.39 is 6.10 Å². The predicted molar refractivity (Wildman–Crippen MR) is 87.7 cm³/mol. The highest BCUT2D eigenvalue weighted by Gasteiger charge is 2.31. The van der Waals surface area contributed by atoms with E-state index in [9.17, 15) is 9.90 Å². The molecule has 2 N–H and O–H groups in total. The molecule has 0 aliphatic heterocycles. The van der Waals surface area contributed by atoms with E-state index >= 15 is 0 Å². The van der Waals surface area contributed by atoms with Gasteiger partial charge in [0.05, 0.1) is 12.1 Å². The first-order valence-electron chi connectivity index (χ1n) is 7.74. The van der Waals surface area contributed by atoms with Crippen molar-refractivity contribution < 1.29 is 9.90 Å². The Morgan fingerprint density at radius 3 is 2.54 bits per heavy atom. The fourth-order valence-electron chi connectivity index (χ4n) is 3.09. The van der Waals surface area contributed by atoms with E-state index in [1.165, 1.54) is 0 Å². The van der Waals surface area contributed by atoms with Crippen LogP contribution < -0.4 is 5.32 Å². The van der Waals surface area contributed by atoms with E-state index in [1.807, 2.05) is 36.4 Å². The van der Waals surface area contributed by atoms with Crippen LogP contribution in [0.1, 0.15) is 27.5 Å². The largest absolute Gasteiger partial charge is 0.390 e. The van der Waals surface area contributed by atoms with Crippen molar-refractivity contribution in [3.63, 3.8) is 0 Å². The second-order valence-electron chi connectivity index (χ2n) is 5.84. The van der Waals surface area contributed by atoms with Crippen molar-refractivity contribution in [1.82, 2.24) is 20.1 Å². The Bertz CT molecular complexity index is 859. The average molecular weight is 320 g/mol. The molecular formula is C18H16N4O2. The number of carbonyl (C=O) groups is 1. The van der Waals surface area contributed by atoms with Gasteiger partial charge in [-0.1, -0.05) is 24.3 Å². The second-order valence-corrected chi connectivity index (χ2v) is 5.84. The molecule has 0 spiro atoms. The average Bonchev–Trinajstić information content (AvgIpc) is 3.24. The van der Waals surface area contributed by atoms with Gasteiger partial charge in [0.15, 0.2) is 0 Å². The predicted octanol–water partition coefficient (Wildman–Crippen LogP) is 1.66. The van der Waals surface area contributed by atoms with Gasteiger partial charge in [0.1, 0.15) is 12.7 Å². The Balaban J connectivity index is 1.52. The molecule has 1 amide bonds. The lowest BCUT2D eigenvalue weighted by atomic mass is 10.1. The van der Waals surface area contributed by atoms with Crippen LogP contribution in [0.2, 0.25) is 0 Å². The highest BCUT2D eigenvalue weighted by molar-refractivity contribution is 5.94. The number of hydrogen-bond donors (Lipinski definition) is 2. The maximum atomic E-state index is 12.5. The molecule has 120 valence electrons. The van der Waals surface area contributed by atoms with Gasteiger partial charge in [-0.05, 0) is 35.4 Å². The first kappa shape index (κ1) is 14.6. The number of benzene rings is 2. The summed E-state index contributed by atoms with van der Waals surface area (Å²) in [7, 11) is 0. The summed E-state index contributed by atoms with van der Waals surface area (Å²) < 4.78 is 1.76. The van der Waals surface area contributed by atoms with Gasteiger partial charge in [-0.15, -0.1) is 10.2 Å². The third kappa shape index (κ3) is 2.57. The zero-order valence-electron chi connectivity index (χ0n) is 12.8. The van der Waals surface area contributed by atoms with Gasteiger partial charge in [0.25, 0.3) is 5.91 Å². The van der Waals surface area contributed by atoms with Crippen LogP contribution in [0.4, 0.5) is 0 Å². The van der Waals surface area contributed by atoms with Gasteiger partial charge in [-0.25, -0.2) is 0 Å². The van der Waals surface area contributed by atoms with Crippen molar-refractivity contribution >= 4 is 5.91 Å². The minimum atomic E-state index is -0.595. The molecule has 0 saturated heterocycles. The molecule has 4 rings (SSSR count). The van der Waals surface area contributed by atoms with Crippen molar-refractivity contribution in [3.8, 4) is 5.69 Å². The lowest BCUT2D eigenvalue weighted by Gasteiger charge is -2.18. The Kier molecular flexibility index (Phi) is 3.59. The number of fused-ring (bicyclic) bond motifs is 1. The third-order valence-corrected chi connectivity index (χ3v) is 4.34. The van der Waals surface area contributed by atoms with Crippen molar-refractivity contribution in [3.05, 3.63) is 77.9 Å². The summed E-state index contributed by atoms with van der Waals surface area (Å²) in [6.07, 6.45) is 3.16. The summed E-state index contributed by atoms with van der Waals surface area (Å²) in [5.41, 5.74) is 3.49. The van der Waals surface area contributed by atoms with Gasteiger partial charge in [0.2, 0.25) is 0 Å². The summed E-state index contributed by atoms with van der Waals surface area (Å²) >= 11 is 0. The molecule has 0 saturated carbocycles. The van der Waals surface area contributed by atoms with Crippen molar-refractivity contribution in [2.24, 2.45) is 0 Å². The van der Waals surface area contributed by atoms with Crippen LogP contribution >= 0.6 is 0 Å². The smallest absolute Gasteiger partial charge is 0.251 e. The molecule has 0 unspecified atom stereocenters. The van der Waals surface area contributed by atoms with Crippen molar-refractivity contribution in [1.29, 1.82) is 0 Å². The highest BCUT2D eigenvalue weighted by Crippen LogP contribution is 2.31. The van der Waals surface area contributed by atoms with Crippen LogP contribution in [0, 0.1) is 0 Å². The lowest BCUT2D eigenvalue weighted by Crippen LogP contribution is -2.33. The fraction of sp³-hybridized carbons (Fsp3) is 0.167. The summed E-state index contributed by atoms with van der Waals surface area (Å²) in [6, 6.07) is 14.6. The van der Waals surface area contributed by atoms with E-state index in [-0.39, 0.29) is 11.9 Å². The number of aliphatic hydroxyl groups excluding tert-OH is 1. The second kappa shape index (κ2) is 5.90. The van der Waals surface area contributed by atoms with E-state index in [1.54, 1.807) is 29.4 Å². The number of nitrogens with zero attached hydrogens (tertiary/aromatic N) is 3. The van der Waals surface area contributed by atoms with Gasteiger partial charge in [-0.2, -0.15) is 0 Å². The first-order valence-corrected chi connectivity index (χ1v) is 7.74. The normalized spacial score (nSPS) is 19.0. The number of amides is 1. The van der Waals surface area contributed by atoms with Crippen molar-refractivity contribution in [2.75, 3.05) is 0 Å². The zero-order chi connectivity index (χ0) is 16.5. The third-order valence-electron chi connectivity index (χ3n) is 4.34. The maximum absolute atomic E-state index is 12.5. The molecule has 0 fully saturated rings. The minimum absolute atomic E-state index is 0.203. The molecular weight excluding hydrogens is 304 g/mol. The molecule has 2 atom stereocenters. The van der Waals surface area contributed by atoms with Gasteiger partial charge in [-0.3, -0.25) is 9.36 Å². The monoisotopic (exact) mass is 320 g/mol. The van der Waals surface area contributed by atoms with Crippen LogP contribution in [0.3, 0.4) is 0 Å². The number of nitrogens with one attached hydrogen (secondary N) is 1. The Hall–Kier alpha value is -2.99. The van der Waals surface area contributed by atoms with E-state index in [0.29, 0.717) is 12.0 Å². The standard InChI is InChI=1S/C18H16N4O2/c23-16-9-13-3-1-2-4-15(13)17(16)21-18(24)12-5-7-14(8-6-12)22-10-19-20-11-22/h1-8,10-11,16-17,23H,9H2,(H,21,24)/t16-,17+/m0/s1. The molecule has 6 heteroatoms. The van der Waals surface area contributed by atoms with Crippen LogP contribution in [-0.4, -0.2) is 31.9 Å². The lowest BCUT2D eigenvalue weighted by molar-refractivity contribution is 0.0858. The zero-order valence-corrected chi connectivity index (χ0v) is 12.8. The molecule has 0 bridgehead atoms. The molecule has 0 radical (unpaired) electrons. The SMILES string of the molecule is O=C(N[C@@H]1c2ccccc2C[C@@H]1O)c1ccc(-n2cnnc2)cc1. The molecule has 1 aliphatic carbocycles. The van der Waals surface area contributed by atoms with Crippen molar-refractivity contribution in [2.45, 2.75) is 18.6 Å². The van der Waals surface area contributed by atoms with E-state index in [2.05, 4.69) is 15.5 Å². The van der Waals surface area contributed by atoms with E-state index in [0.717, 1.165) is 16.8 Å². The number of carbonyl (C=O) groups excluding carboxylic acids is 1. The Morgan fingerprint density at radius 1 is 1.08 bits per heavy atom.